The fourth-order valence-electron chi connectivity index (χ4n) is 3.29. The van der Waals surface area contributed by atoms with Gasteiger partial charge in [-0.3, -0.25) is 9.59 Å². The van der Waals surface area contributed by atoms with E-state index in [-0.39, 0.29) is 0 Å². The van der Waals surface area contributed by atoms with E-state index in [4.69, 9.17) is 9.47 Å². The van der Waals surface area contributed by atoms with Crippen molar-refractivity contribution in [3.63, 3.8) is 0 Å². The second-order valence-electron chi connectivity index (χ2n) is 7.79. The number of carbonyl (C=O) groups is 3. The molecule has 0 radical (unpaired) electrons. The summed E-state index contributed by atoms with van der Waals surface area (Å²) >= 11 is 0. The molecule has 0 aliphatic carbocycles. The van der Waals surface area contributed by atoms with Crippen molar-refractivity contribution in [2.24, 2.45) is 0 Å². The van der Waals surface area contributed by atoms with Crippen LogP contribution in [-0.4, -0.2) is 47.3 Å². The Morgan fingerprint density at radius 1 is 1.06 bits per heavy atom. The van der Waals surface area contributed by atoms with Crippen molar-refractivity contribution in [3.05, 3.63) is 77.6 Å². The number of hydrogen-bond acceptors (Lipinski definition) is 6. The highest BCUT2D eigenvalue weighted by Crippen LogP contribution is 2.22. The largest absolute Gasteiger partial charge is 0.497 e. The number of amides is 2. The SMILES string of the molecule is COc1ccc(/C=C/C(=O)N[C@H](C)C(=O)OCC(=O)Nc2c(C)nn(-c3ccccc3)c2C)cc1. The van der Waals surface area contributed by atoms with Crippen molar-refractivity contribution in [2.75, 3.05) is 19.0 Å². The molecule has 1 atom stereocenters. The van der Waals surface area contributed by atoms with E-state index >= 15 is 0 Å². The van der Waals surface area contributed by atoms with Gasteiger partial charge in [0, 0.05) is 6.08 Å². The Labute approximate surface area is 203 Å². The van der Waals surface area contributed by atoms with Crippen molar-refractivity contribution in [3.8, 4) is 11.4 Å². The number of anilines is 1. The van der Waals surface area contributed by atoms with E-state index < -0.39 is 30.4 Å². The number of esters is 1. The Morgan fingerprint density at radius 3 is 2.40 bits per heavy atom. The molecule has 0 spiro atoms. The van der Waals surface area contributed by atoms with Crippen molar-refractivity contribution >= 4 is 29.5 Å². The third kappa shape index (κ3) is 6.80. The van der Waals surface area contributed by atoms with Gasteiger partial charge in [-0.05, 0) is 56.7 Å². The quantitative estimate of drug-likeness (QED) is 0.362. The Kier molecular flexibility index (Phi) is 8.39. The van der Waals surface area contributed by atoms with E-state index in [1.165, 1.54) is 13.0 Å². The number of carbonyl (C=O) groups excluding carboxylic acids is 3. The minimum Gasteiger partial charge on any atom is -0.497 e. The average Bonchev–Trinajstić information content (AvgIpc) is 3.15. The Morgan fingerprint density at radius 2 is 1.74 bits per heavy atom. The summed E-state index contributed by atoms with van der Waals surface area (Å²) in [6.07, 6.45) is 2.93. The molecule has 0 fully saturated rings. The predicted molar refractivity (Wildman–Crippen MR) is 132 cm³/mol. The van der Waals surface area contributed by atoms with E-state index in [1.54, 1.807) is 49.1 Å². The van der Waals surface area contributed by atoms with Gasteiger partial charge in [-0.1, -0.05) is 30.3 Å². The van der Waals surface area contributed by atoms with E-state index in [9.17, 15) is 14.4 Å². The van der Waals surface area contributed by atoms with E-state index in [0.29, 0.717) is 17.1 Å². The summed E-state index contributed by atoms with van der Waals surface area (Å²) in [6.45, 7) is 4.62. The van der Waals surface area contributed by atoms with Crippen LogP contribution in [0.1, 0.15) is 23.9 Å². The zero-order valence-electron chi connectivity index (χ0n) is 20.1. The maximum atomic E-state index is 12.4. The second kappa shape index (κ2) is 11.6. The molecule has 9 nitrogen and oxygen atoms in total. The number of para-hydroxylation sites is 1. The van der Waals surface area contributed by atoms with Gasteiger partial charge in [0.25, 0.3) is 5.91 Å². The number of aryl methyl sites for hydroxylation is 1. The molecular formula is C26H28N4O5. The van der Waals surface area contributed by atoms with Crippen LogP contribution >= 0.6 is 0 Å². The number of benzene rings is 2. The number of nitrogens with one attached hydrogen (secondary N) is 2. The van der Waals surface area contributed by atoms with Crippen LogP contribution in [0.3, 0.4) is 0 Å². The Balaban J connectivity index is 1.49. The molecule has 1 aromatic heterocycles. The van der Waals surface area contributed by atoms with Crippen LogP contribution in [0.2, 0.25) is 0 Å². The van der Waals surface area contributed by atoms with Crippen molar-refractivity contribution in [1.82, 2.24) is 15.1 Å². The molecule has 2 amide bonds. The topological polar surface area (TPSA) is 112 Å². The zero-order valence-corrected chi connectivity index (χ0v) is 20.1. The van der Waals surface area contributed by atoms with Gasteiger partial charge in [-0.15, -0.1) is 0 Å². The van der Waals surface area contributed by atoms with Crippen molar-refractivity contribution in [1.29, 1.82) is 0 Å². The summed E-state index contributed by atoms with van der Waals surface area (Å²) in [5.41, 5.74) is 3.60. The highest BCUT2D eigenvalue weighted by molar-refractivity contribution is 5.96. The fourth-order valence-corrected chi connectivity index (χ4v) is 3.29. The van der Waals surface area contributed by atoms with Crippen LogP contribution in [-0.2, 0) is 19.1 Å². The van der Waals surface area contributed by atoms with Crippen LogP contribution in [0.5, 0.6) is 5.75 Å². The maximum absolute atomic E-state index is 12.4. The lowest BCUT2D eigenvalue weighted by Gasteiger charge is -2.12. The van der Waals surface area contributed by atoms with Crippen molar-refractivity contribution in [2.45, 2.75) is 26.8 Å². The minimum atomic E-state index is -0.930. The first-order valence-electron chi connectivity index (χ1n) is 11.0. The summed E-state index contributed by atoms with van der Waals surface area (Å²) in [5.74, 6) is -0.980. The molecule has 0 saturated carbocycles. The third-order valence-corrected chi connectivity index (χ3v) is 5.16. The minimum absolute atomic E-state index is 0.464. The summed E-state index contributed by atoms with van der Waals surface area (Å²) in [7, 11) is 1.57. The average molecular weight is 477 g/mol. The first kappa shape index (κ1) is 25.2. The maximum Gasteiger partial charge on any atom is 0.328 e. The first-order chi connectivity index (χ1) is 16.8. The molecule has 2 aromatic carbocycles. The normalized spacial score (nSPS) is 11.7. The fraction of sp³-hybridized carbons (Fsp3) is 0.231. The van der Waals surface area contributed by atoms with Gasteiger partial charge in [-0.25, -0.2) is 9.48 Å². The van der Waals surface area contributed by atoms with Gasteiger partial charge >= 0.3 is 5.97 Å². The van der Waals surface area contributed by atoms with Gasteiger partial charge in [0.1, 0.15) is 11.8 Å². The van der Waals surface area contributed by atoms with E-state index in [0.717, 1.165) is 16.9 Å². The molecule has 35 heavy (non-hydrogen) atoms. The van der Waals surface area contributed by atoms with E-state index in [2.05, 4.69) is 15.7 Å². The van der Waals surface area contributed by atoms with Crippen LogP contribution in [0.25, 0.3) is 11.8 Å². The molecule has 3 rings (SSSR count). The molecule has 0 aliphatic rings. The molecule has 0 saturated heterocycles. The Hall–Kier alpha value is -4.40. The molecule has 9 heteroatoms. The second-order valence-corrected chi connectivity index (χ2v) is 7.79. The molecule has 0 aliphatic heterocycles. The molecule has 0 unspecified atom stereocenters. The summed E-state index contributed by atoms with van der Waals surface area (Å²) < 4.78 is 11.9. The van der Waals surface area contributed by atoms with Crippen LogP contribution in [0.4, 0.5) is 5.69 Å². The monoisotopic (exact) mass is 476 g/mol. The molecule has 0 bridgehead atoms. The smallest absolute Gasteiger partial charge is 0.328 e. The van der Waals surface area contributed by atoms with Gasteiger partial charge in [-0.2, -0.15) is 5.10 Å². The lowest BCUT2D eigenvalue weighted by molar-refractivity contribution is -0.149. The molecular weight excluding hydrogens is 448 g/mol. The Bertz CT molecular complexity index is 1220. The van der Waals surface area contributed by atoms with Crippen LogP contribution in [0.15, 0.2) is 60.7 Å². The van der Waals surface area contributed by atoms with Crippen molar-refractivity contribution < 1.29 is 23.9 Å². The number of hydrogen-bond donors (Lipinski definition) is 2. The van der Waals surface area contributed by atoms with Crippen LogP contribution in [0, 0.1) is 13.8 Å². The van der Waals surface area contributed by atoms with Gasteiger partial charge in [0.2, 0.25) is 5.91 Å². The van der Waals surface area contributed by atoms with Gasteiger partial charge < -0.3 is 20.1 Å². The number of methoxy groups -OCH3 is 1. The summed E-state index contributed by atoms with van der Waals surface area (Å²) in [5, 5.41) is 9.73. The molecule has 2 N–H and O–H groups in total. The number of rotatable bonds is 9. The van der Waals surface area contributed by atoms with Gasteiger partial charge in [0.05, 0.1) is 29.9 Å². The summed E-state index contributed by atoms with van der Waals surface area (Å²) in [4.78, 5) is 36.7. The predicted octanol–water partition coefficient (Wildman–Crippen LogP) is 3.20. The van der Waals surface area contributed by atoms with Crippen LogP contribution < -0.4 is 15.4 Å². The first-order valence-corrected chi connectivity index (χ1v) is 11.0. The molecule has 182 valence electrons. The lowest BCUT2D eigenvalue weighted by atomic mass is 10.2. The highest BCUT2D eigenvalue weighted by atomic mass is 16.5. The number of ether oxygens (including phenoxy) is 2. The number of nitrogens with zero attached hydrogens (tertiary/aromatic N) is 2. The highest BCUT2D eigenvalue weighted by Gasteiger charge is 2.19. The zero-order chi connectivity index (χ0) is 25.4. The standard InChI is InChI=1S/C26H28N4O5/c1-17-25(19(3)30(29-17)21-8-6-5-7-9-21)28-24(32)16-35-26(33)18(2)27-23(31)15-12-20-10-13-22(34-4)14-11-20/h5-15,18H,16H2,1-4H3,(H,27,31)(H,28,32)/b15-12+/t18-/m1/s1. The summed E-state index contributed by atoms with van der Waals surface area (Å²) in [6, 6.07) is 15.8. The molecule has 1 heterocycles. The van der Waals surface area contributed by atoms with Gasteiger partial charge in [0.15, 0.2) is 6.61 Å². The molecule has 3 aromatic rings. The number of aromatic nitrogens is 2. The lowest BCUT2D eigenvalue weighted by Crippen LogP contribution is -2.39. The third-order valence-electron chi connectivity index (χ3n) is 5.16. The van der Waals surface area contributed by atoms with E-state index in [1.807, 2.05) is 37.3 Å².